The number of nitrogens with one attached hydrogen (secondary N) is 1. The lowest BCUT2D eigenvalue weighted by Gasteiger charge is -2.44. The Morgan fingerprint density at radius 2 is 2.00 bits per heavy atom. The minimum absolute atomic E-state index is 0.00310. The van der Waals surface area contributed by atoms with Crippen LogP contribution in [0.5, 0.6) is 0 Å². The van der Waals surface area contributed by atoms with Crippen LogP contribution in [0.1, 0.15) is 40.9 Å². The van der Waals surface area contributed by atoms with Gasteiger partial charge in [-0.1, -0.05) is 6.07 Å². The number of ketones is 1. The van der Waals surface area contributed by atoms with E-state index in [1.165, 1.54) is 12.1 Å². The molecule has 2 aromatic rings. The number of likely N-dealkylation sites (tertiary alicyclic amines) is 1. The molecule has 2 heterocycles. The van der Waals surface area contributed by atoms with Crippen molar-refractivity contribution in [1.82, 2.24) is 10.2 Å². The van der Waals surface area contributed by atoms with Gasteiger partial charge in [0.15, 0.2) is 11.0 Å². The third-order valence-corrected chi connectivity index (χ3v) is 5.83. The molecule has 1 aliphatic carbocycles. The first-order valence-electron chi connectivity index (χ1n) is 9.03. The van der Waals surface area contributed by atoms with E-state index in [1.807, 2.05) is 0 Å². The van der Waals surface area contributed by atoms with E-state index in [9.17, 15) is 14.0 Å². The van der Waals surface area contributed by atoms with Crippen LogP contribution in [-0.2, 0) is 13.0 Å². The number of piperidine rings is 1. The normalized spacial score (nSPS) is 18.4. The Balaban J connectivity index is 1.36. The number of nitrogens with zero attached hydrogens (tertiary/aromatic N) is 1. The number of halogens is 2. The second kappa shape index (κ2) is 7.00. The number of benzene rings is 1. The van der Waals surface area contributed by atoms with Gasteiger partial charge < -0.3 is 14.6 Å². The van der Waals surface area contributed by atoms with E-state index in [2.05, 4.69) is 5.32 Å². The first-order chi connectivity index (χ1) is 12.9. The number of urea groups is 1. The molecule has 7 heteroatoms. The number of rotatable bonds is 2. The first kappa shape index (κ1) is 18.0. The molecule has 1 aromatic heterocycles. The SMILES string of the molecule is O=C1CC2(CCN(C(=O)NCc3ccc(Cl)o3)CC2)Cc2ccc(F)cc21. The molecular formula is C20H20ClFN2O3. The first-order valence-corrected chi connectivity index (χ1v) is 9.41. The van der Waals surface area contributed by atoms with Gasteiger partial charge in [-0.3, -0.25) is 4.79 Å². The maximum atomic E-state index is 13.4. The molecule has 1 fully saturated rings. The van der Waals surface area contributed by atoms with Crippen molar-refractivity contribution in [3.8, 4) is 0 Å². The van der Waals surface area contributed by atoms with Crippen LogP contribution in [0.25, 0.3) is 0 Å². The van der Waals surface area contributed by atoms with Gasteiger partial charge in [-0.05, 0) is 66.1 Å². The van der Waals surface area contributed by atoms with Gasteiger partial charge in [0.2, 0.25) is 0 Å². The van der Waals surface area contributed by atoms with Gasteiger partial charge in [0, 0.05) is 25.1 Å². The largest absolute Gasteiger partial charge is 0.448 e. The molecule has 0 atom stereocenters. The maximum absolute atomic E-state index is 13.4. The highest BCUT2D eigenvalue weighted by atomic mass is 35.5. The van der Waals surface area contributed by atoms with Crippen molar-refractivity contribution in [1.29, 1.82) is 0 Å². The number of Topliss-reactive ketones (excluding diaryl/α,β-unsaturated/α-hetero) is 1. The summed E-state index contributed by atoms with van der Waals surface area (Å²) >= 11 is 5.73. The topological polar surface area (TPSA) is 62.6 Å². The Hall–Kier alpha value is -2.34. The Kier molecular flexibility index (Phi) is 4.68. The molecule has 142 valence electrons. The van der Waals surface area contributed by atoms with Crippen molar-refractivity contribution in [3.63, 3.8) is 0 Å². The molecule has 1 aromatic carbocycles. The fourth-order valence-corrected chi connectivity index (χ4v) is 4.29. The molecule has 1 saturated heterocycles. The second-order valence-electron chi connectivity index (χ2n) is 7.43. The maximum Gasteiger partial charge on any atom is 0.317 e. The molecule has 1 N–H and O–H groups in total. The van der Waals surface area contributed by atoms with E-state index in [4.69, 9.17) is 16.0 Å². The van der Waals surface area contributed by atoms with Gasteiger partial charge >= 0.3 is 6.03 Å². The molecule has 1 spiro atoms. The number of fused-ring (bicyclic) bond motifs is 1. The fraction of sp³-hybridized carbons (Fsp3) is 0.400. The van der Waals surface area contributed by atoms with Crippen molar-refractivity contribution in [2.24, 2.45) is 5.41 Å². The van der Waals surface area contributed by atoms with Crippen LogP contribution in [0, 0.1) is 11.2 Å². The average molecular weight is 391 g/mol. The van der Waals surface area contributed by atoms with Gasteiger partial charge in [0.1, 0.15) is 11.6 Å². The summed E-state index contributed by atoms with van der Waals surface area (Å²) in [5.41, 5.74) is 1.30. The van der Waals surface area contributed by atoms with E-state index in [1.54, 1.807) is 23.1 Å². The van der Waals surface area contributed by atoms with Gasteiger partial charge in [-0.15, -0.1) is 0 Å². The summed E-state index contributed by atoms with van der Waals surface area (Å²) in [5.74, 6) is 0.231. The summed E-state index contributed by atoms with van der Waals surface area (Å²) in [6.45, 7) is 1.47. The highest BCUT2D eigenvalue weighted by Gasteiger charge is 2.41. The van der Waals surface area contributed by atoms with Crippen molar-refractivity contribution in [2.75, 3.05) is 13.1 Å². The third-order valence-electron chi connectivity index (χ3n) is 5.63. The molecule has 0 unspecified atom stereocenters. The highest BCUT2D eigenvalue weighted by molar-refractivity contribution is 6.28. The summed E-state index contributed by atoms with van der Waals surface area (Å²) < 4.78 is 18.7. The molecule has 5 nitrogen and oxygen atoms in total. The fourth-order valence-electron chi connectivity index (χ4n) is 4.12. The number of carbonyl (C=O) groups excluding carboxylic acids is 2. The highest BCUT2D eigenvalue weighted by Crippen LogP contribution is 2.43. The minimum atomic E-state index is -0.373. The zero-order valence-corrected chi connectivity index (χ0v) is 15.5. The van der Waals surface area contributed by atoms with Crippen LogP contribution in [0.3, 0.4) is 0 Å². The summed E-state index contributed by atoms with van der Waals surface area (Å²) in [6.07, 6.45) is 2.70. The van der Waals surface area contributed by atoms with Crippen LogP contribution in [-0.4, -0.2) is 29.8 Å². The quantitative estimate of drug-likeness (QED) is 0.836. The van der Waals surface area contributed by atoms with Crippen LogP contribution >= 0.6 is 11.6 Å². The molecule has 0 radical (unpaired) electrons. The minimum Gasteiger partial charge on any atom is -0.448 e. The monoisotopic (exact) mass is 390 g/mol. The predicted molar refractivity (Wildman–Crippen MR) is 98.2 cm³/mol. The van der Waals surface area contributed by atoms with Gasteiger partial charge in [0.25, 0.3) is 0 Å². The number of hydrogen-bond donors (Lipinski definition) is 1. The van der Waals surface area contributed by atoms with E-state index >= 15 is 0 Å². The Labute approximate surface area is 161 Å². The number of furan rings is 1. The van der Waals surface area contributed by atoms with Crippen LogP contribution in [0.15, 0.2) is 34.7 Å². The number of carbonyl (C=O) groups is 2. The molecule has 2 aliphatic rings. The molecule has 4 rings (SSSR count). The Bertz CT molecular complexity index is 887. The van der Waals surface area contributed by atoms with E-state index in [0.717, 1.165) is 24.8 Å². The third kappa shape index (κ3) is 3.72. The summed E-state index contributed by atoms with van der Waals surface area (Å²) in [6, 6.07) is 7.68. The Morgan fingerprint density at radius 3 is 2.70 bits per heavy atom. The van der Waals surface area contributed by atoms with Crippen molar-refractivity contribution in [2.45, 2.75) is 32.2 Å². The van der Waals surface area contributed by atoms with Crippen molar-refractivity contribution < 1.29 is 18.4 Å². The Morgan fingerprint density at radius 1 is 1.22 bits per heavy atom. The molecular weight excluding hydrogens is 371 g/mol. The van der Waals surface area contributed by atoms with E-state index < -0.39 is 0 Å². The van der Waals surface area contributed by atoms with Crippen LogP contribution in [0.4, 0.5) is 9.18 Å². The lowest BCUT2D eigenvalue weighted by molar-refractivity contribution is 0.0735. The molecule has 27 heavy (non-hydrogen) atoms. The predicted octanol–water partition coefficient (Wildman–Crippen LogP) is 4.19. The second-order valence-corrected chi connectivity index (χ2v) is 7.80. The molecule has 2 amide bonds. The number of amides is 2. The average Bonchev–Trinajstić information content (AvgIpc) is 3.06. The standard InChI is InChI=1S/C20H20ClFN2O3/c21-18-4-3-15(27-18)12-23-19(26)24-7-5-20(6-8-24)10-13-1-2-14(22)9-16(13)17(25)11-20/h1-4,9H,5-8,10-12H2,(H,23,26). The molecule has 1 aliphatic heterocycles. The lowest BCUT2D eigenvalue weighted by atomic mass is 9.66. The van der Waals surface area contributed by atoms with Gasteiger partial charge in [0.05, 0.1) is 6.54 Å². The van der Waals surface area contributed by atoms with Gasteiger partial charge in [-0.2, -0.15) is 0 Å². The summed E-state index contributed by atoms with van der Waals surface area (Å²) in [7, 11) is 0. The van der Waals surface area contributed by atoms with E-state index in [0.29, 0.717) is 36.1 Å². The van der Waals surface area contributed by atoms with Crippen molar-refractivity contribution >= 4 is 23.4 Å². The van der Waals surface area contributed by atoms with Crippen LogP contribution < -0.4 is 5.32 Å². The number of hydrogen-bond acceptors (Lipinski definition) is 3. The van der Waals surface area contributed by atoms with E-state index in [-0.39, 0.29) is 29.6 Å². The van der Waals surface area contributed by atoms with Crippen molar-refractivity contribution in [3.05, 3.63) is 58.3 Å². The summed E-state index contributed by atoms with van der Waals surface area (Å²) in [5, 5.41) is 3.12. The molecule has 0 saturated carbocycles. The zero-order chi connectivity index (χ0) is 19.0. The zero-order valence-electron chi connectivity index (χ0n) is 14.8. The molecule has 0 bridgehead atoms. The van der Waals surface area contributed by atoms with Crippen LogP contribution in [0.2, 0.25) is 5.22 Å². The lowest BCUT2D eigenvalue weighted by Crippen LogP contribution is -2.49. The smallest absolute Gasteiger partial charge is 0.317 e. The summed E-state index contributed by atoms with van der Waals surface area (Å²) in [4.78, 5) is 26.7. The van der Waals surface area contributed by atoms with Gasteiger partial charge in [-0.25, -0.2) is 9.18 Å².